The SMILES string of the molecule is Cn1ccc(C(=O)Nc2cccc(NC(=O)c3ccc(COc4ccccc4Br)o3)c2)n1. The smallest absolute Gasteiger partial charge is 0.291 e. The average Bonchev–Trinajstić information content (AvgIpc) is 3.43. The summed E-state index contributed by atoms with van der Waals surface area (Å²) in [6, 6.07) is 19.2. The summed E-state index contributed by atoms with van der Waals surface area (Å²) in [6.45, 7) is 0.185. The van der Waals surface area contributed by atoms with Gasteiger partial charge in [0.05, 0.1) is 4.47 Å². The number of aromatic nitrogens is 2. The van der Waals surface area contributed by atoms with Gasteiger partial charge in [0.1, 0.15) is 18.1 Å². The molecule has 0 fully saturated rings. The molecule has 4 aromatic rings. The molecule has 2 N–H and O–H groups in total. The molecule has 0 aliphatic heterocycles. The lowest BCUT2D eigenvalue weighted by molar-refractivity contribution is 0.0991. The number of anilines is 2. The number of carbonyl (C=O) groups is 2. The van der Waals surface area contributed by atoms with E-state index in [9.17, 15) is 9.59 Å². The lowest BCUT2D eigenvalue weighted by Crippen LogP contribution is -2.14. The van der Waals surface area contributed by atoms with Gasteiger partial charge in [-0.25, -0.2) is 0 Å². The first-order chi connectivity index (χ1) is 15.5. The lowest BCUT2D eigenvalue weighted by Gasteiger charge is -2.08. The number of halogens is 1. The second kappa shape index (κ2) is 9.52. The van der Waals surface area contributed by atoms with Crippen LogP contribution in [0.3, 0.4) is 0 Å². The van der Waals surface area contributed by atoms with Gasteiger partial charge in [-0.2, -0.15) is 5.10 Å². The zero-order chi connectivity index (χ0) is 22.5. The van der Waals surface area contributed by atoms with Crippen molar-refractivity contribution >= 4 is 39.1 Å². The highest BCUT2D eigenvalue weighted by Crippen LogP contribution is 2.25. The van der Waals surface area contributed by atoms with E-state index in [1.807, 2.05) is 24.3 Å². The molecule has 2 heterocycles. The van der Waals surface area contributed by atoms with Crippen molar-refractivity contribution in [3.8, 4) is 5.75 Å². The number of nitrogens with zero attached hydrogens (tertiary/aromatic N) is 2. The Morgan fingerprint density at radius 3 is 2.47 bits per heavy atom. The third kappa shape index (κ3) is 5.25. The van der Waals surface area contributed by atoms with Crippen LogP contribution >= 0.6 is 15.9 Å². The van der Waals surface area contributed by atoms with Crippen LogP contribution in [0, 0.1) is 0 Å². The molecule has 0 aliphatic rings. The Kier molecular flexibility index (Phi) is 6.37. The molecule has 0 radical (unpaired) electrons. The van der Waals surface area contributed by atoms with Gasteiger partial charge >= 0.3 is 0 Å². The second-order valence-electron chi connectivity index (χ2n) is 6.85. The van der Waals surface area contributed by atoms with E-state index < -0.39 is 5.91 Å². The van der Waals surface area contributed by atoms with Gasteiger partial charge in [-0.05, 0) is 64.5 Å². The van der Waals surface area contributed by atoms with E-state index in [0.29, 0.717) is 28.6 Å². The minimum atomic E-state index is -0.412. The van der Waals surface area contributed by atoms with E-state index in [-0.39, 0.29) is 18.3 Å². The largest absolute Gasteiger partial charge is 0.484 e. The molecule has 0 saturated heterocycles. The molecule has 2 aromatic carbocycles. The first-order valence-corrected chi connectivity index (χ1v) is 10.5. The topological polar surface area (TPSA) is 98.4 Å². The quantitative estimate of drug-likeness (QED) is 0.382. The summed E-state index contributed by atoms with van der Waals surface area (Å²) in [5.74, 6) is 0.598. The summed E-state index contributed by atoms with van der Waals surface area (Å²) in [4.78, 5) is 24.8. The number of benzene rings is 2. The molecule has 8 nitrogen and oxygen atoms in total. The summed E-state index contributed by atoms with van der Waals surface area (Å²) in [6.07, 6.45) is 1.69. The third-order valence-corrected chi connectivity index (χ3v) is 5.07. The Labute approximate surface area is 192 Å². The molecule has 32 heavy (non-hydrogen) atoms. The molecular formula is C23H19BrN4O4. The van der Waals surface area contributed by atoms with Gasteiger partial charge in [0.2, 0.25) is 0 Å². The highest BCUT2D eigenvalue weighted by atomic mass is 79.9. The van der Waals surface area contributed by atoms with Crippen LogP contribution in [0.2, 0.25) is 0 Å². The van der Waals surface area contributed by atoms with Crippen LogP contribution in [0.25, 0.3) is 0 Å². The number of amides is 2. The van der Waals surface area contributed by atoms with E-state index in [4.69, 9.17) is 9.15 Å². The second-order valence-corrected chi connectivity index (χ2v) is 7.70. The maximum atomic E-state index is 12.6. The van der Waals surface area contributed by atoms with Crippen molar-refractivity contribution in [1.29, 1.82) is 0 Å². The molecule has 2 aromatic heterocycles. The molecule has 2 amide bonds. The van der Waals surface area contributed by atoms with E-state index in [2.05, 4.69) is 31.7 Å². The van der Waals surface area contributed by atoms with Gasteiger partial charge in [-0.3, -0.25) is 14.3 Å². The van der Waals surface area contributed by atoms with Crippen LogP contribution in [-0.4, -0.2) is 21.6 Å². The van der Waals surface area contributed by atoms with Gasteiger partial charge in [0.15, 0.2) is 11.5 Å². The van der Waals surface area contributed by atoms with E-state index >= 15 is 0 Å². The molecule has 0 unspecified atom stereocenters. The van der Waals surface area contributed by atoms with Crippen molar-refractivity contribution in [1.82, 2.24) is 9.78 Å². The van der Waals surface area contributed by atoms with E-state index in [1.54, 1.807) is 60.4 Å². The normalized spacial score (nSPS) is 10.6. The van der Waals surface area contributed by atoms with Gasteiger partial charge in [0, 0.05) is 24.6 Å². The number of hydrogen-bond donors (Lipinski definition) is 2. The van der Waals surface area contributed by atoms with Crippen molar-refractivity contribution in [2.24, 2.45) is 7.05 Å². The number of rotatable bonds is 7. The van der Waals surface area contributed by atoms with Crippen LogP contribution in [-0.2, 0) is 13.7 Å². The van der Waals surface area contributed by atoms with Crippen molar-refractivity contribution in [3.63, 3.8) is 0 Å². The fourth-order valence-electron chi connectivity index (χ4n) is 2.89. The van der Waals surface area contributed by atoms with Crippen molar-refractivity contribution < 1.29 is 18.7 Å². The molecule has 162 valence electrons. The monoisotopic (exact) mass is 494 g/mol. The minimum absolute atomic E-state index is 0.152. The molecular weight excluding hydrogens is 476 g/mol. The van der Waals surface area contributed by atoms with Gasteiger partial charge in [-0.1, -0.05) is 18.2 Å². The predicted molar refractivity (Wildman–Crippen MR) is 123 cm³/mol. The summed E-state index contributed by atoms with van der Waals surface area (Å²) >= 11 is 3.42. The molecule has 9 heteroatoms. The Balaban J connectivity index is 1.36. The Morgan fingerprint density at radius 1 is 1.00 bits per heavy atom. The number of para-hydroxylation sites is 1. The maximum Gasteiger partial charge on any atom is 0.291 e. The van der Waals surface area contributed by atoms with Gasteiger partial charge < -0.3 is 19.8 Å². The number of hydrogen-bond acceptors (Lipinski definition) is 5. The number of carbonyl (C=O) groups excluding carboxylic acids is 2. The number of furan rings is 1. The van der Waals surface area contributed by atoms with E-state index in [1.165, 1.54) is 0 Å². The van der Waals surface area contributed by atoms with Gasteiger partial charge in [-0.15, -0.1) is 0 Å². The van der Waals surface area contributed by atoms with Crippen molar-refractivity contribution in [2.45, 2.75) is 6.61 Å². The van der Waals surface area contributed by atoms with Crippen LogP contribution in [0.5, 0.6) is 5.75 Å². The fraction of sp³-hybridized carbons (Fsp3) is 0.0870. The van der Waals surface area contributed by atoms with Crippen LogP contribution in [0.4, 0.5) is 11.4 Å². The zero-order valence-electron chi connectivity index (χ0n) is 17.0. The zero-order valence-corrected chi connectivity index (χ0v) is 18.6. The van der Waals surface area contributed by atoms with Crippen molar-refractivity contribution in [2.75, 3.05) is 10.6 Å². The van der Waals surface area contributed by atoms with Gasteiger partial charge in [0.25, 0.3) is 11.8 Å². The molecule has 0 spiro atoms. The lowest BCUT2D eigenvalue weighted by atomic mass is 10.2. The van der Waals surface area contributed by atoms with Crippen molar-refractivity contribution in [3.05, 3.63) is 94.6 Å². The summed E-state index contributed by atoms with van der Waals surface area (Å²) in [5.41, 5.74) is 1.34. The Hall–Kier alpha value is -3.85. The molecule has 0 bridgehead atoms. The number of nitrogens with one attached hydrogen (secondary N) is 2. The van der Waals surface area contributed by atoms with E-state index in [0.717, 1.165) is 4.47 Å². The molecule has 4 rings (SSSR count). The number of aryl methyl sites for hydroxylation is 1. The standard InChI is InChI=1S/C23H19BrN4O4/c1-28-12-11-19(27-28)22(29)25-15-5-4-6-16(13-15)26-23(30)21-10-9-17(32-21)14-31-20-8-3-2-7-18(20)24/h2-13H,14H2,1H3,(H,25,29)(H,26,30). The summed E-state index contributed by atoms with van der Waals surface area (Å²) in [5, 5.41) is 9.58. The third-order valence-electron chi connectivity index (χ3n) is 4.42. The predicted octanol–water partition coefficient (Wildman–Crippen LogP) is 4.86. The maximum absolute atomic E-state index is 12.6. The first-order valence-electron chi connectivity index (χ1n) is 9.66. The molecule has 0 atom stereocenters. The van der Waals surface area contributed by atoms with Crippen LogP contribution in [0.15, 0.2) is 81.8 Å². The average molecular weight is 495 g/mol. The molecule has 0 saturated carbocycles. The Morgan fingerprint density at radius 2 is 1.75 bits per heavy atom. The summed E-state index contributed by atoms with van der Waals surface area (Å²) < 4.78 is 13.7. The Bertz CT molecular complexity index is 1260. The highest BCUT2D eigenvalue weighted by Gasteiger charge is 2.14. The molecule has 0 aliphatic carbocycles. The van der Waals surface area contributed by atoms with Crippen LogP contribution in [0.1, 0.15) is 26.8 Å². The number of ether oxygens (including phenoxy) is 1. The minimum Gasteiger partial charge on any atom is -0.484 e. The highest BCUT2D eigenvalue weighted by molar-refractivity contribution is 9.10. The first kappa shape index (κ1) is 21.4. The van der Waals surface area contributed by atoms with Crippen LogP contribution < -0.4 is 15.4 Å². The summed E-state index contributed by atoms with van der Waals surface area (Å²) in [7, 11) is 1.74. The fourth-order valence-corrected chi connectivity index (χ4v) is 3.29.